The van der Waals surface area contributed by atoms with Gasteiger partial charge in [0.25, 0.3) is 5.56 Å². The number of halogens is 1. The summed E-state index contributed by atoms with van der Waals surface area (Å²) in [5.74, 6) is 0.182. The largest absolute Gasteiger partial charge is 0.449 e. The Bertz CT molecular complexity index is 1470. The minimum Gasteiger partial charge on any atom is -0.449 e. The van der Waals surface area contributed by atoms with Crippen molar-refractivity contribution in [3.8, 4) is 11.1 Å². The molecule has 1 atom stereocenters. The zero-order valence-electron chi connectivity index (χ0n) is 17.6. The summed E-state index contributed by atoms with van der Waals surface area (Å²) in [7, 11) is 3.73. The number of furan rings is 1. The normalized spacial score (nSPS) is 12.3. The molecule has 5 rings (SSSR count). The van der Waals surface area contributed by atoms with Crippen LogP contribution in [0.1, 0.15) is 22.7 Å². The van der Waals surface area contributed by atoms with Gasteiger partial charge in [-0.2, -0.15) is 0 Å². The molecule has 5 aromatic rings. The van der Waals surface area contributed by atoms with Gasteiger partial charge in [0.1, 0.15) is 0 Å². The maximum atomic E-state index is 12.7. The molecule has 2 N–H and O–H groups in total. The maximum Gasteiger partial charge on any atom is 0.251 e. The Morgan fingerprint density at radius 3 is 2.62 bits per heavy atom. The van der Waals surface area contributed by atoms with Gasteiger partial charge in [-0.25, -0.2) is 4.98 Å². The maximum absolute atomic E-state index is 12.7. The fraction of sp³-hybridized carbons (Fsp3) is 0.120. The van der Waals surface area contributed by atoms with Gasteiger partial charge in [-0.3, -0.25) is 4.79 Å². The second kappa shape index (κ2) is 7.73. The van der Waals surface area contributed by atoms with Crippen molar-refractivity contribution in [2.45, 2.75) is 5.92 Å². The number of anilines is 1. The van der Waals surface area contributed by atoms with E-state index in [-0.39, 0.29) is 11.5 Å². The van der Waals surface area contributed by atoms with Crippen LogP contribution in [0, 0.1) is 0 Å². The van der Waals surface area contributed by atoms with Crippen LogP contribution in [-0.2, 0) is 14.1 Å². The highest BCUT2D eigenvalue weighted by molar-refractivity contribution is 6.30. The summed E-state index contributed by atoms with van der Waals surface area (Å²) in [6, 6.07) is 17.2. The van der Waals surface area contributed by atoms with Gasteiger partial charge in [-0.1, -0.05) is 29.8 Å². The molecule has 1 unspecified atom stereocenters. The van der Waals surface area contributed by atoms with Crippen LogP contribution in [0.3, 0.4) is 0 Å². The molecule has 0 bridgehead atoms. The molecule has 0 aliphatic heterocycles. The Balaban J connectivity index is 1.81. The molecule has 160 valence electrons. The number of hydrogen-bond donors (Lipinski definition) is 1. The number of fused-ring (bicyclic) bond motifs is 1. The first-order valence-electron chi connectivity index (χ1n) is 10.1. The quantitative estimate of drug-likeness (QED) is 0.425. The molecule has 0 amide bonds. The minimum absolute atomic E-state index is 0.0810. The second-order valence-electron chi connectivity index (χ2n) is 7.84. The van der Waals surface area contributed by atoms with E-state index in [9.17, 15) is 4.79 Å². The van der Waals surface area contributed by atoms with Crippen molar-refractivity contribution in [1.29, 1.82) is 0 Å². The molecule has 2 aromatic carbocycles. The first-order valence-corrected chi connectivity index (χ1v) is 10.5. The van der Waals surface area contributed by atoms with E-state index in [1.165, 1.54) is 0 Å². The molecule has 0 fully saturated rings. The van der Waals surface area contributed by atoms with Crippen molar-refractivity contribution in [2.75, 3.05) is 5.73 Å². The summed E-state index contributed by atoms with van der Waals surface area (Å²) in [4.78, 5) is 17.0. The summed E-state index contributed by atoms with van der Waals surface area (Å²) in [6.07, 6.45) is 5.19. The molecule has 3 aromatic heterocycles. The highest BCUT2D eigenvalue weighted by Gasteiger charge is 2.24. The number of aryl methyl sites for hydroxylation is 2. The van der Waals surface area contributed by atoms with Gasteiger partial charge in [0, 0.05) is 48.0 Å². The van der Waals surface area contributed by atoms with Gasteiger partial charge in [0.05, 0.1) is 24.0 Å². The fourth-order valence-electron chi connectivity index (χ4n) is 4.28. The minimum atomic E-state index is -0.185. The molecule has 0 saturated heterocycles. The standard InChI is InChI=1S/C25H21ClN4O2/c1-29-14-28-13-22(29)24(18-8-9-32-25(18)27)16-6-7-21-20(11-16)19(12-23(31)30(21)2)15-4-3-5-17(26)10-15/h3-14,24H,27H2,1-2H3. The molecule has 0 saturated carbocycles. The molecule has 0 spiro atoms. The molecule has 0 aliphatic rings. The predicted molar refractivity (Wildman–Crippen MR) is 127 cm³/mol. The number of hydrogen-bond acceptors (Lipinski definition) is 4. The average molecular weight is 445 g/mol. The van der Waals surface area contributed by atoms with E-state index in [1.54, 1.807) is 30.3 Å². The van der Waals surface area contributed by atoms with Crippen LogP contribution in [0.5, 0.6) is 0 Å². The van der Waals surface area contributed by atoms with E-state index in [0.717, 1.165) is 38.9 Å². The van der Waals surface area contributed by atoms with Crippen LogP contribution >= 0.6 is 11.6 Å². The van der Waals surface area contributed by atoms with Crippen LogP contribution in [0.15, 0.2) is 82.6 Å². The number of pyridine rings is 1. The molecule has 0 aliphatic carbocycles. The SMILES string of the molecule is Cn1cncc1C(c1ccc2c(c1)c(-c1cccc(Cl)c1)cc(=O)n2C)c1ccoc1N. The number of nitrogens with zero attached hydrogens (tertiary/aromatic N) is 3. The van der Waals surface area contributed by atoms with Crippen molar-refractivity contribution >= 4 is 28.4 Å². The fourth-order valence-corrected chi connectivity index (χ4v) is 4.47. The Labute approximate surface area is 189 Å². The molecule has 7 heteroatoms. The van der Waals surface area contributed by atoms with Gasteiger partial charge in [-0.05, 0) is 47.0 Å². The van der Waals surface area contributed by atoms with E-state index in [4.69, 9.17) is 21.8 Å². The smallest absolute Gasteiger partial charge is 0.251 e. The lowest BCUT2D eigenvalue weighted by molar-refractivity contribution is 0.584. The third-order valence-electron chi connectivity index (χ3n) is 5.93. The molecule has 0 radical (unpaired) electrons. The van der Waals surface area contributed by atoms with E-state index < -0.39 is 0 Å². The van der Waals surface area contributed by atoms with Gasteiger partial charge >= 0.3 is 0 Å². The summed E-state index contributed by atoms with van der Waals surface area (Å²) in [5, 5.41) is 1.56. The Morgan fingerprint density at radius 2 is 1.94 bits per heavy atom. The summed E-state index contributed by atoms with van der Waals surface area (Å²) < 4.78 is 9.04. The summed E-state index contributed by atoms with van der Waals surface area (Å²) >= 11 is 6.25. The lowest BCUT2D eigenvalue weighted by Gasteiger charge is -2.19. The zero-order chi connectivity index (χ0) is 22.4. The van der Waals surface area contributed by atoms with E-state index in [2.05, 4.69) is 11.1 Å². The molecule has 32 heavy (non-hydrogen) atoms. The Morgan fingerprint density at radius 1 is 1.09 bits per heavy atom. The van der Waals surface area contributed by atoms with Crippen LogP contribution in [-0.4, -0.2) is 14.1 Å². The number of aromatic nitrogens is 3. The number of nitrogen functional groups attached to an aromatic ring is 1. The lowest BCUT2D eigenvalue weighted by atomic mass is 9.88. The topological polar surface area (TPSA) is 79.0 Å². The van der Waals surface area contributed by atoms with Crippen LogP contribution in [0.2, 0.25) is 5.02 Å². The number of nitrogens with two attached hydrogens (primary N) is 1. The van der Waals surface area contributed by atoms with Crippen LogP contribution in [0.25, 0.3) is 22.0 Å². The van der Waals surface area contributed by atoms with Crippen molar-refractivity contribution in [1.82, 2.24) is 14.1 Å². The molecular formula is C25H21ClN4O2. The van der Waals surface area contributed by atoms with Gasteiger partial charge in [0.2, 0.25) is 0 Å². The van der Waals surface area contributed by atoms with Crippen LogP contribution < -0.4 is 11.3 Å². The lowest BCUT2D eigenvalue weighted by Crippen LogP contribution is -2.17. The van der Waals surface area contributed by atoms with Gasteiger partial charge in [0.15, 0.2) is 5.88 Å². The van der Waals surface area contributed by atoms with E-state index in [1.807, 2.05) is 60.3 Å². The molecule has 3 heterocycles. The summed E-state index contributed by atoms with van der Waals surface area (Å²) in [5.41, 5.74) is 11.5. The predicted octanol–water partition coefficient (Wildman–Crippen LogP) is 4.95. The third kappa shape index (κ3) is 3.29. The zero-order valence-corrected chi connectivity index (χ0v) is 18.4. The van der Waals surface area contributed by atoms with E-state index >= 15 is 0 Å². The van der Waals surface area contributed by atoms with Gasteiger partial charge < -0.3 is 19.3 Å². The first-order chi connectivity index (χ1) is 15.4. The summed E-state index contributed by atoms with van der Waals surface area (Å²) in [6.45, 7) is 0. The van der Waals surface area contributed by atoms with Crippen molar-refractivity contribution in [3.63, 3.8) is 0 Å². The van der Waals surface area contributed by atoms with Crippen molar-refractivity contribution in [2.24, 2.45) is 14.1 Å². The van der Waals surface area contributed by atoms with Crippen molar-refractivity contribution < 1.29 is 4.42 Å². The number of rotatable bonds is 4. The third-order valence-corrected chi connectivity index (χ3v) is 6.16. The Kier molecular flexibility index (Phi) is 4.87. The second-order valence-corrected chi connectivity index (χ2v) is 8.28. The molecule has 6 nitrogen and oxygen atoms in total. The average Bonchev–Trinajstić information content (AvgIpc) is 3.39. The first kappa shape index (κ1) is 20.2. The Hall–Kier alpha value is -3.77. The monoisotopic (exact) mass is 444 g/mol. The highest BCUT2D eigenvalue weighted by atomic mass is 35.5. The van der Waals surface area contributed by atoms with Crippen LogP contribution in [0.4, 0.5) is 5.88 Å². The highest BCUT2D eigenvalue weighted by Crippen LogP contribution is 2.38. The number of benzene rings is 2. The van der Waals surface area contributed by atoms with Gasteiger partial charge in [-0.15, -0.1) is 0 Å². The molecular weight excluding hydrogens is 424 g/mol. The number of imidazole rings is 1. The van der Waals surface area contributed by atoms with Crippen molar-refractivity contribution in [3.05, 3.63) is 106 Å². The van der Waals surface area contributed by atoms with E-state index in [0.29, 0.717) is 10.9 Å².